The molecule has 1 unspecified atom stereocenters. The Morgan fingerprint density at radius 3 is 2.52 bits per heavy atom. The van der Waals surface area contributed by atoms with Gasteiger partial charge in [-0.1, -0.05) is 6.07 Å². The van der Waals surface area contributed by atoms with Gasteiger partial charge in [0.05, 0.1) is 26.5 Å². The summed E-state index contributed by atoms with van der Waals surface area (Å²) >= 11 is 0. The van der Waals surface area contributed by atoms with Crippen LogP contribution in [-0.4, -0.2) is 26.1 Å². The summed E-state index contributed by atoms with van der Waals surface area (Å²) in [5.41, 5.74) is 0.548. The van der Waals surface area contributed by atoms with Crippen molar-refractivity contribution >= 4 is 11.9 Å². The van der Waals surface area contributed by atoms with Gasteiger partial charge < -0.3 is 29.1 Å². The number of rotatable bonds is 7. The van der Waals surface area contributed by atoms with Crippen LogP contribution in [0.5, 0.6) is 11.5 Å². The lowest BCUT2D eigenvalue weighted by Crippen LogP contribution is -2.34. The maximum absolute atomic E-state index is 12.1. The van der Waals surface area contributed by atoms with Crippen LogP contribution in [0.3, 0.4) is 0 Å². The zero-order valence-electron chi connectivity index (χ0n) is 12.7. The Morgan fingerprint density at radius 1 is 1.22 bits per heavy atom. The molecule has 0 fully saturated rings. The predicted molar refractivity (Wildman–Crippen MR) is 78.1 cm³/mol. The van der Waals surface area contributed by atoms with Gasteiger partial charge in [0.2, 0.25) is 0 Å². The van der Waals surface area contributed by atoms with Crippen molar-refractivity contribution in [3.63, 3.8) is 0 Å². The molecule has 0 saturated carbocycles. The molecule has 0 aliphatic carbocycles. The molecule has 0 aliphatic rings. The highest BCUT2D eigenvalue weighted by molar-refractivity contribution is 5.91. The first-order valence-corrected chi connectivity index (χ1v) is 6.81. The lowest BCUT2D eigenvalue weighted by molar-refractivity contribution is -0.306. The van der Waals surface area contributed by atoms with Gasteiger partial charge in [-0.3, -0.25) is 4.79 Å². The van der Waals surface area contributed by atoms with Crippen LogP contribution in [0.2, 0.25) is 0 Å². The minimum atomic E-state index is -1.29. The van der Waals surface area contributed by atoms with E-state index in [-0.39, 0.29) is 12.2 Å². The average molecular weight is 318 g/mol. The number of nitrogens with one attached hydrogen (secondary N) is 1. The summed E-state index contributed by atoms with van der Waals surface area (Å²) in [5, 5.41) is 13.6. The fraction of sp³-hybridized carbons (Fsp3) is 0.250. The van der Waals surface area contributed by atoms with E-state index >= 15 is 0 Å². The smallest absolute Gasteiger partial charge is 0.287 e. The van der Waals surface area contributed by atoms with Crippen LogP contribution in [-0.2, 0) is 4.79 Å². The van der Waals surface area contributed by atoms with Gasteiger partial charge in [-0.15, -0.1) is 0 Å². The fourth-order valence-electron chi connectivity index (χ4n) is 2.13. The quantitative estimate of drug-likeness (QED) is 0.814. The summed E-state index contributed by atoms with van der Waals surface area (Å²) in [5.74, 6) is -0.782. The monoisotopic (exact) mass is 318 g/mol. The molecule has 1 heterocycles. The number of hydrogen-bond acceptors (Lipinski definition) is 6. The summed E-state index contributed by atoms with van der Waals surface area (Å²) in [6.45, 7) is 0. The van der Waals surface area contributed by atoms with Crippen molar-refractivity contribution in [2.45, 2.75) is 12.5 Å². The van der Waals surface area contributed by atoms with Crippen LogP contribution >= 0.6 is 0 Å². The molecule has 0 spiro atoms. The van der Waals surface area contributed by atoms with Crippen molar-refractivity contribution in [1.29, 1.82) is 0 Å². The zero-order chi connectivity index (χ0) is 16.8. The molecular formula is C16H16NO6-. The molecule has 2 rings (SSSR count). The number of amides is 1. The Balaban J connectivity index is 2.27. The van der Waals surface area contributed by atoms with E-state index in [0.29, 0.717) is 17.1 Å². The second-order valence-corrected chi connectivity index (χ2v) is 4.69. The number of carboxylic acid groups (broad SMARTS) is 1. The normalized spacial score (nSPS) is 11.6. The van der Waals surface area contributed by atoms with Crippen molar-refractivity contribution in [2.75, 3.05) is 14.2 Å². The third-order valence-electron chi connectivity index (χ3n) is 3.23. The largest absolute Gasteiger partial charge is 0.550 e. The van der Waals surface area contributed by atoms with Gasteiger partial charge in [-0.25, -0.2) is 0 Å². The molecule has 23 heavy (non-hydrogen) atoms. The molecule has 7 heteroatoms. The van der Waals surface area contributed by atoms with E-state index in [9.17, 15) is 14.7 Å². The second kappa shape index (κ2) is 7.35. The predicted octanol–water partition coefficient (Wildman–Crippen LogP) is 0.908. The summed E-state index contributed by atoms with van der Waals surface area (Å²) in [7, 11) is 2.96. The first-order valence-electron chi connectivity index (χ1n) is 6.81. The highest BCUT2D eigenvalue weighted by Gasteiger charge is 2.19. The van der Waals surface area contributed by atoms with E-state index in [1.165, 1.54) is 26.5 Å². The van der Waals surface area contributed by atoms with Crippen LogP contribution in [0.15, 0.2) is 41.0 Å². The van der Waals surface area contributed by atoms with Crippen molar-refractivity contribution in [3.05, 3.63) is 47.9 Å². The molecule has 1 aromatic carbocycles. The van der Waals surface area contributed by atoms with Crippen molar-refractivity contribution in [1.82, 2.24) is 5.32 Å². The van der Waals surface area contributed by atoms with Crippen molar-refractivity contribution < 1.29 is 28.6 Å². The van der Waals surface area contributed by atoms with Crippen LogP contribution in [0, 0.1) is 0 Å². The molecule has 0 aliphatic heterocycles. The van der Waals surface area contributed by atoms with Crippen LogP contribution in [0.25, 0.3) is 0 Å². The number of aliphatic carboxylic acids is 1. The first-order chi connectivity index (χ1) is 11.0. The molecule has 0 radical (unpaired) electrons. The highest BCUT2D eigenvalue weighted by atomic mass is 16.5. The van der Waals surface area contributed by atoms with E-state index < -0.39 is 17.9 Å². The van der Waals surface area contributed by atoms with Gasteiger partial charge in [-0.05, 0) is 29.8 Å². The van der Waals surface area contributed by atoms with E-state index in [1.807, 2.05) is 0 Å². The Morgan fingerprint density at radius 2 is 1.96 bits per heavy atom. The van der Waals surface area contributed by atoms with Crippen LogP contribution in [0.1, 0.15) is 28.6 Å². The number of furan rings is 1. The lowest BCUT2D eigenvalue weighted by atomic mass is 10.0. The van der Waals surface area contributed by atoms with E-state index in [2.05, 4.69) is 5.32 Å². The molecule has 1 amide bonds. The third kappa shape index (κ3) is 4.03. The molecular weight excluding hydrogens is 302 g/mol. The van der Waals surface area contributed by atoms with Gasteiger partial charge in [0.1, 0.15) is 0 Å². The molecule has 1 N–H and O–H groups in total. The molecule has 0 saturated heterocycles. The number of ether oxygens (including phenoxy) is 2. The van der Waals surface area contributed by atoms with E-state index in [4.69, 9.17) is 13.9 Å². The zero-order valence-corrected chi connectivity index (χ0v) is 12.7. The number of hydrogen-bond donors (Lipinski definition) is 1. The fourth-order valence-corrected chi connectivity index (χ4v) is 2.13. The van der Waals surface area contributed by atoms with Gasteiger partial charge in [0, 0.05) is 12.4 Å². The number of carbonyl (C=O) groups excluding carboxylic acids is 2. The molecule has 0 bridgehead atoms. The maximum atomic E-state index is 12.1. The molecule has 1 aromatic heterocycles. The minimum absolute atomic E-state index is 0.0915. The number of benzene rings is 1. The second-order valence-electron chi connectivity index (χ2n) is 4.69. The number of carboxylic acids is 1. The van der Waals surface area contributed by atoms with E-state index in [0.717, 1.165) is 0 Å². The summed E-state index contributed by atoms with van der Waals surface area (Å²) in [4.78, 5) is 23.1. The first kappa shape index (κ1) is 16.4. The molecule has 122 valence electrons. The molecule has 1 atom stereocenters. The van der Waals surface area contributed by atoms with Crippen molar-refractivity contribution in [2.24, 2.45) is 0 Å². The topological polar surface area (TPSA) is 101 Å². The SMILES string of the molecule is COc1ccc(C(CC(=O)[O-])NC(=O)c2ccco2)cc1OC. The number of methoxy groups -OCH3 is 2. The lowest BCUT2D eigenvalue weighted by Gasteiger charge is -2.20. The maximum Gasteiger partial charge on any atom is 0.287 e. The summed E-state index contributed by atoms with van der Waals surface area (Å²) in [6.07, 6.45) is 0.973. The van der Waals surface area contributed by atoms with Crippen molar-refractivity contribution in [3.8, 4) is 11.5 Å². The Bertz CT molecular complexity index is 680. The third-order valence-corrected chi connectivity index (χ3v) is 3.23. The molecule has 7 nitrogen and oxygen atoms in total. The van der Waals surface area contributed by atoms with Gasteiger partial charge >= 0.3 is 0 Å². The average Bonchev–Trinajstić information content (AvgIpc) is 3.07. The minimum Gasteiger partial charge on any atom is -0.550 e. The van der Waals surface area contributed by atoms with Crippen LogP contribution < -0.4 is 19.9 Å². The Hall–Kier alpha value is -2.96. The Labute approximate surface area is 132 Å². The highest BCUT2D eigenvalue weighted by Crippen LogP contribution is 2.31. The van der Waals surface area contributed by atoms with Gasteiger partial charge in [-0.2, -0.15) is 0 Å². The van der Waals surface area contributed by atoms with Gasteiger partial charge in [0.25, 0.3) is 5.91 Å². The van der Waals surface area contributed by atoms with Gasteiger partial charge in [0.15, 0.2) is 17.3 Å². The van der Waals surface area contributed by atoms with Crippen LogP contribution in [0.4, 0.5) is 0 Å². The Kier molecular flexibility index (Phi) is 5.24. The summed E-state index contributed by atoms with van der Waals surface area (Å²) in [6, 6.07) is 7.15. The number of carbonyl (C=O) groups is 2. The molecule has 2 aromatic rings. The van der Waals surface area contributed by atoms with E-state index in [1.54, 1.807) is 24.3 Å². The summed E-state index contributed by atoms with van der Waals surface area (Å²) < 4.78 is 15.3. The standard InChI is InChI=1S/C16H17NO6/c1-21-12-6-5-10(8-14(12)22-2)11(9-15(18)19)17-16(20)13-4-3-7-23-13/h3-8,11H,9H2,1-2H3,(H,17,20)(H,18,19)/p-1.